The first kappa shape index (κ1) is 70.7. The van der Waals surface area contributed by atoms with Crippen LogP contribution in [0.5, 0.6) is 0 Å². The highest BCUT2D eigenvalue weighted by molar-refractivity contribution is 7.20. The first-order valence-electron chi connectivity index (χ1n) is 39.9. The van der Waals surface area contributed by atoms with Gasteiger partial charge in [0.05, 0.1) is 46.3 Å². The van der Waals surface area contributed by atoms with E-state index in [1.165, 1.54) is 41.5 Å². The van der Waals surface area contributed by atoms with Gasteiger partial charge in [0.15, 0.2) is 27.3 Å². The Kier molecular flexibility index (Phi) is 17.7. The fraction of sp³-hybridized carbons (Fsp3) is 0.0556. The van der Waals surface area contributed by atoms with E-state index < -0.39 is 16.1 Å². The van der Waals surface area contributed by atoms with Crippen LogP contribution in [0.25, 0.3) is 103 Å². The molecular formula is C108H78N4O2Si2. The summed E-state index contributed by atoms with van der Waals surface area (Å²) in [4.78, 5) is 9.11. The van der Waals surface area contributed by atoms with Gasteiger partial charge >= 0.3 is 0 Å². The Morgan fingerprint density at radius 3 is 0.974 bits per heavy atom. The third kappa shape index (κ3) is 11.4. The first-order chi connectivity index (χ1) is 57.1. The third-order valence-electron chi connectivity index (χ3n) is 24.1. The van der Waals surface area contributed by atoms with Crippen molar-refractivity contribution in [2.24, 2.45) is 0 Å². The van der Waals surface area contributed by atoms with Crippen LogP contribution in [-0.4, -0.2) is 16.1 Å². The van der Waals surface area contributed by atoms with Gasteiger partial charge in [0.25, 0.3) is 0 Å². The number of anilines is 6. The summed E-state index contributed by atoms with van der Waals surface area (Å²) in [6.45, 7) is 18.4. The van der Waals surface area contributed by atoms with Gasteiger partial charge in [0.1, 0.15) is 17.2 Å². The van der Waals surface area contributed by atoms with E-state index in [1.54, 1.807) is 0 Å². The van der Waals surface area contributed by atoms with Gasteiger partial charge in [0, 0.05) is 32.3 Å². The molecule has 0 fully saturated rings. The molecule has 0 unspecified atom stereocenters. The standard InChI is InChI=1S/C108H78N4O2Si2/c1-71(2)94-68-100(111(97-46-28-44-90-86-42-24-26-48-103(86)113-107(90)97)99-66-75(50-51-77(99)70-109)73-52-57-84(58-53-73)115(78-30-12-6-13-31-78,79-32-14-7-15-33-79)80-34-16-8-17-35-80)92-63-61-89-95(72(3)4)69-101(93-64-62-88(94)105(92)106(89)93)112(98-47-29-45-91-87-43-25-27-49-104(87)114-108(91)98)102-67-76(56-65-96(102)110-5)74-54-59-85(60-55-74)116(81-36-18-9-19-37-81,82-38-20-10-21-39-82)83-40-22-11-23-41-83/h6-69,71-72H,1-4H3. The number of furan rings is 2. The number of hydrogen-bond acceptors (Lipinski definition) is 5. The molecule has 0 saturated heterocycles. The Hall–Kier alpha value is -14.4. The Morgan fingerprint density at radius 2 is 0.603 bits per heavy atom. The number of para-hydroxylation sites is 4. The summed E-state index contributed by atoms with van der Waals surface area (Å²) in [6, 6.07) is 144. The molecule has 8 heteroatoms. The molecule has 0 N–H and O–H groups in total. The minimum absolute atomic E-state index is 0.0406. The maximum atomic E-state index is 11.8. The van der Waals surface area contributed by atoms with Crippen LogP contribution in [0.4, 0.5) is 39.8 Å². The van der Waals surface area contributed by atoms with Crippen LogP contribution in [0.3, 0.4) is 0 Å². The van der Waals surface area contributed by atoms with Gasteiger partial charge in [-0.3, -0.25) is 0 Å². The molecule has 0 saturated carbocycles. The van der Waals surface area contributed by atoms with E-state index in [0.29, 0.717) is 28.1 Å². The molecule has 18 aromatic carbocycles. The Bertz CT molecular complexity index is 6590. The number of hydrogen-bond donors (Lipinski definition) is 0. The van der Waals surface area contributed by atoms with Crippen molar-refractivity contribution in [3.05, 3.63) is 416 Å². The summed E-state index contributed by atoms with van der Waals surface area (Å²) in [6.07, 6.45) is 0. The molecule has 6 nitrogen and oxygen atoms in total. The Balaban J connectivity index is 0.816. The highest BCUT2D eigenvalue weighted by Gasteiger charge is 2.43. The molecule has 2 aromatic heterocycles. The molecular weight excluding hydrogens is 1440 g/mol. The van der Waals surface area contributed by atoms with Gasteiger partial charge in [-0.05, 0) is 163 Å². The van der Waals surface area contributed by atoms with Crippen molar-refractivity contribution in [3.63, 3.8) is 0 Å². The number of rotatable bonds is 18. The monoisotopic (exact) mass is 1520 g/mol. The fourth-order valence-electron chi connectivity index (χ4n) is 18.9. The highest BCUT2D eigenvalue weighted by Crippen LogP contribution is 2.55. The van der Waals surface area contributed by atoms with E-state index in [1.807, 2.05) is 36.4 Å². The lowest BCUT2D eigenvalue weighted by atomic mass is 9.84. The van der Waals surface area contributed by atoms with Crippen molar-refractivity contribution in [2.45, 2.75) is 39.5 Å². The lowest BCUT2D eigenvalue weighted by Crippen LogP contribution is -2.74. The van der Waals surface area contributed by atoms with E-state index in [0.717, 1.165) is 127 Å². The summed E-state index contributed by atoms with van der Waals surface area (Å²) in [7, 11) is -5.74. The lowest BCUT2D eigenvalue weighted by molar-refractivity contribution is 0.668. The molecule has 0 atom stereocenters. The van der Waals surface area contributed by atoms with Crippen molar-refractivity contribution in [3.8, 4) is 28.3 Å². The maximum Gasteiger partial charge on any atom is 0.210 e. The zero-order valence-corrected chi connectivity index (χ0v) is 66.7. The number of nitrogens with zero attached hydrogens (tertiary/aromatic N) is 4. The minimum Gasteiger partial charge on any atom is -0.454 e. The fourth-order valence-corrected chi connectivity index (χ4v) is 28.3. The second-order valence-electron chi connectivity index (χ2n) is 31.0. The van der Waals surface area contributed by atoms with Crippen molar-refractivity contribution in [2.75, 3.05) is 9.80 Å². The highest BCUT2D eigenvalue weighted by atomic mass is 28.3. The molecule has 0 amide bonds. The topological polar surface area (TPSA) is 60.9 Å². The van der Waals surface area contributed by atoms with E-state index in [4.69, 9.17) is 8.83 Å². The van der Waals surface area contributed by atoms with Crippen molar-refractivity contribution >= 4 is 174 Å². The number of benzene rings is 18. The summed E-state index contributed by atoms with van der Waals surface area (Å²) >= 11 is 0. The Morgan fingerprint density at radius 1 is 0.284 bits per heavy atom. The van der Waals surface area contributed by atoms with E-state index in [-0.39, 0.29) is 11.8 Å². The largest absolute Gasteiger partial charge is 0.454 e. The number of fused-ring (bicyclic) bond motifs is 6. The van der Waals surface area contributed by atoms with Crippen molar-refractivity contribution in [1.82, 2.24) is 0 Å². The van der Waals surface area contributed by atoms with Crippen LogP contribution in [0.2, 0.25) is 0 Å². The quantitative estimate of drug-likeness (QED) is 0.0371. The van der Waals surface area contributed by atoms with E-state index in [9.17, 15) is 11.8 Å². The molecule has 20 rings (SSSR count). The molecule has 0 aliphatic carbocycles. The normalized spacial score (nSPS) is 11.9. The molecule has 0 bridgehead atoms. The van der Waals surface area contributed by atoms with Gasteiger partial charge in [-0.25, -0.2) is 4.85 Å². The smallest absolute Gasteiger partial charge is 0.210 e. The molecule has 550 valence electrons. The third-order valence-corrected chi connectivity index (χ3v) is 33.7. The predicted molar refractivity (Wildman–Crippen MR) is 491 cm³/mol. The molecule has 20 aromatic rings. The SMILES string of the molecule is [C-]#[N+]c1ccc(-c2ccc([Si](c3ccccc3)(c3ccccc3)c3ccccc3)cc2)cc1N(c1cc(C(C)C)c2ccc3c(N(c4cc(-c5ccc([Si](c6ccccc6)(c6ccccc6)c6ccccc6)cc5)ccc4C#N)c4cccc5c4oc4ccccc45)cc(C(C)C)c4ccc1c2c43)c1cccc2c1oc1ccccc12. The van der Waals surface area contributed by atoms with Crippen LogP contribution >= 0.6 is 0 Å². The van der Waals surface area contributed by atoms with Gasteiger partial charge in [0.2, 0.25) is 5.69 Å². The van der Waals surface area contributed by atoms with E-state index >= 15 is 0 Å². The molecule has 0 aliphatic rings. The first-order valence-corrected chi connectivity index (χ1v) is 43.9. The average molecular weight is 1520 g/mol. The molecule has 0 spiro atoms. The van der Waals surface area contributed by atoms with Crippen LogP contribution in [-0.2, 0) is 0 Å². The summed E-state index contributed by atoms with van der Waals surface area (Å²) < 4.78 is 14.3. The van der Waals surface area contributed by atoms with Crippen molar-refractivity contribution in [1.29, 1.82) is 5.26 Å². The van der Waals surface area contributed by atoms with Crippen LogP contribution in [0.1, 0.15) is 56.2 Å². The number of nitriles is 1. The average Bonchev–Trinajstić information content (AvgIpc) is 0.729. The molecule has 0 radical (unpaired) electrons. The lowest BCUT2D eigenvalue weighted by Gasteiger charge is -2.34. The summed E-state index contributed by atoms with van der Waals surface area (Å²) in [5, 5.41) is 32.6. The summed E-state index contributed by atoms with van der Waals surface area (Å²) in [5.74, 6) is 0.0828. The van der Waals surface area contributed by atoms with Crippen molar-refractivity contribution < 1.29 is 8.83 Å². The second-order valence-corrected chi connectivity index (χ2v) is 38.7. The maximum absolute atomic E-state index is 11.8. The minimum atomic E-state index is -2.87. The Labute approximate surface area is 677 Å². The van der Waals surface area contributed by atoms with Gasteiger partial charge in [-0.15, -0.1) is 0 Å². The molecule has 0 aliphatic heterocycles. The van der Waals surface area contributed by atoms with Gasteiger partial charge in [-0.1, -0.05) is 361 Å². The molecule has 2 heterocycles. The van der Waals surface area contributed by atoms with Crippen LogP contribution in [0.15, 0.2) is 397 Å². The summed E-state index contributed by atoms with van der Waals surface area (Å²) in [5.41, 5.74) is 15.1. The van der Waals surface area contributed by atoms with E-state index in [2.05, 4.69) is 400 Å². The van der Waals surface area contributed by atoms with Gasteiger partial charge < -0.3 is 18.6 Å². The molecule has 116 heavy (non-hydrogen) atoms. The zero-order chi connectivity index (χ0) is 78.2. The second kappa shape index (κ2) is 29.0. The predicted octanol–water partition coefficient (Wildman–Crippen LogP) is 24.1. The zero-order valence-electron chi connectivity index (χ0n) is 64.7. The van der Waals surface area contributed by atoms with Crippen LogP contribution in [0, 0.1) is 17.9 Å². The van der Waals surface area contributed by atoms with Gasteiger partial charge in [-0.2, -0.15) is 5.26 Å². The van der Waals surface area contributed by atoms with Crippen LogP contribution < -0.4 is 51.3 Å².